The molecule has 1 saturated carbocycles. The number of hydrogen-bond acceptors (Lipinski definition) is 4. The molecule has 0 amide bonds. The quantitative estimate of drug-likeness (QED) is 0.379. The van der Waals surface area contributed by atoms with E-state index < -0.39 is 14.4 Å². The van der Waals surface area contributed by atoms with Crippen molar-refractivity contribution in [2.45, 2.75) is 96.4 Å². The van der Waals surface area contributed by atoms with Crippen LogP contribution in [0.2, 0.25) is 18.6 Å². The molecule has 0 aromatic heterocycles. The number of allylic oxidation sites excluding steroid dienone is 1. The number of hydrogen-bond donors (Lipinski definition) is 1. The highest BCUT2D eigenvalue weighted by atomic mass is 28.4. The maximum Gasteiger partial charge on any atom is 0.189 e. The van der Waals surface area contributed by atoms with E-state index in [0.717, 1.165) is 19.4 Å². The van der Waals surface area contributed by atoms with E-state index in [-0.39, 0.29) is 23.7 Å². The molecule has 0 bridgehead atoms. The summed E-state index contributed by atoms with van der Waals surface area (Å²) in [5, 5.41) is 11.1. The van der Waals surface area contributed by atoms with Gasteiger partial charge in [-0.2, -0.15) is 0 Å². The van der Waals surface area contributed by atoms with Crippen LogP contribution in [0.1, 0.15) is 53.9 Å². The van der Waals surface area contributed by atoms with Crippen molar-refractivity contribution < 1.29 is 19.0 Å². The number of aliphatic hydroxyl groups excluding tert-OH is 1. The lowest BCUT2D eigenvalue weighted by Gasteiger charge is -2.46. The van der Waals surface area contributed by atoms with Gasteiger partial charge >= 0.3 is 0 Å². The van der Waals surface area contributed by atoms with Gasteiger partial charge in [-0.15, -0.1) is 0 Å². The lowest BCUT2D eigenvalue weighted by atomic mass is 9.71. The molecule has 0 aromatic rings. The number of ether oxygens (including phenoxy) is 2. The molecule has 1 N–H and O–H groups in total. The van der Waals surface area contributed by atoms with Crippen molar-refractivity contribution in [3.05, 3.63) is 11.6 Å². The van der Waals surface area contributed by atoms with Crippen molar-refractivity contribution in [2.24, 2.45) is 11.8 Å². The SMILES string of the molecule is CO[C@@H]1[C@H](O)[C@@H](O[Si](C)(C)C(C)C)C[C@]2(CO2)[C@H]1C(C)=CCCC(C)C. The molecule has 1 aliphatic heterocycles. The van der Waals surface area contributed by atoms with Crippen LogP contribution in [0.5, 0.6) is 0 Å². The van der Waals surface area contributed by atoms with Gasteiger partial charge in [0.25, 0.3) is 0 Å². The molecule has 5 atom stereocenters. The van der Waals surface area contributed by atoms with Gasteiger partial charge in [0.15, 0.2) is 8.32 Å². The van der Waals surface area contributed by atoms with Gasteiger partial charge in [-0.05, 0) is 44.3 Å². The first-order chi connectivity index (χ1) is 12.0. The summed E-state index contributed by atoms with van der Waals surface area (Å²) in [4.78, 5) is 0. The second-order valence-corrected chi connectivity index (χ2v) is 14.2. The van der Waals surface area contributed by atoms with E-state index >= 15 is 0 Å². The van der Waals surface area contributed by atoms with E-state index in [2.05, 4.69) is 53.8 Å². The third kappa shape index (κ3) is 4.79. The Bertz CT molecular complexity index is 496. The van der Waals surface area contributed by atoms with Crippen molar-refractivity contribution in [3.63, 3.8) is 0 Å². The third-order valence-corrected chi connectivity index (χ3v) is 10.2. The Hall–Kier alpha value is -0.203. The molecule has 1 aliphatic carbocycles. The molecule has 0 aromatic carbocycles. The van der Waals surface area contributed by atoms with Crippen molar-refractivity contribution in [1.29, 1.82) is 0 Å². The molecule has 1 saturated heterocycles. The molecule has 2 fully saturated rings. The van der Waals surface area contributed by atoms with E-state index in [1.54, 1.807) is 7.11 Å². The molecule has 152 valence electrons. The Balaban J connectivity index is 2.18. The van der Waals surface area contributed by atoms with Gasteiger partial charge in [-0.1, -0.05) is 39.3 Å². The molecular weight excluding hydrogens is 344 g/mol. The van der Waals surface area contributed by atoms with Crippen molar-refractivity contribution in [3.8, 4) is 0 Å². The Morgan fingerprint density at radius 3 is 2.38 bits per heavy atom. The minimum absolute atomic E-state index is 0.110. The average molecular weight is 385 g/mol. The van der Waals surface area contributed by atoms with Gasteiger partial charge in [0.1, 0.15) is 11.7 Å². The Labute approximate surface area is 161 Å². The minimum Gasteiger partial charge on any atom is -0.411 e. The summed E-state index contributed by atoms with van der Waals surface area (Å²) in [6.45, 7) is 16.3. The van der Waals surface area contributed by atoms with Crippen LogP contribution < -0.4 is 0 Å². The summed E-state index contributed by atoms with van der Waals surface area (Å²) in [6.07, 6.45) is 4.24. The summed E-state index contributed by atoms with van der Waals surface area (Å²) in [5.74, 6) is 0.805. The molecule has 4 nitrogen and oxygen atoms in total. The van der Waals surface area contributed by atoms with Gasteiger partial charge in [-0.25, -0.2) is 0 Å². The van der Waals surface area contributed by atoms with Crippen molar-refractivity contribution >= 4 is 8.32 Å². The van der Waals surface area contributed by atoms with Crippen molar-refractivity contribution in [1.82, 2.24) is 0 Å². The topological polar surface area (TPSA) is 51.2 Å². The zero-order valence-electron chi connectivity index (χ0n) is 18.0. The summed E-state index contributed by atoms with van der Waals surface area (Å²) < 4.78 is 18.3. The highest BCUT2D eigenvalue weighted by Gasteiger charge is 2.62. The average Bonchev–Trinajstić information content (AvgIpc) is 3.29. The summed E-state index contributed by atoms with van der Waals surface area (Å²) >= 11 is 0. The lowest BCUT2D eigenvalue weighted by molar-refractivity contribution is -0.135. The standard InChI is InChI=1S/C21H40O4Si/c1-14(2)10-9-11-16(5)18-20(23-6)19(22)17(12-21(18)13-24-21)25-26(7,8)15(3)4/h11,14-15,17-20,22H,9-10,12-13H2,1-8H3/t17-,18-,19+,20-,21-/m0/s1. The predicted molar refractivity (Wildman–Crippen MR) is 109 cm³/mol. The Morgan fingerprint density at radius 1 is 1.31 bits per heavy atom. The van der Waals surface area contributed by atoms with Crippen LogP contribution in [0.3, 0.4) is 0 Å². The van der Waals surface area contributed by atoms with Gasteiger partial charge < -0.3 is 19.0 Å². The normalized spacial score (nSPS) is 35.6. The molecule has 2 rings (SSSR count). The highest BCUT2D eigenvalue weighted by Crippen LogP contribution is 2.51. The second-order valence-electron chi connectivity index (χ2n) is 9.56. The second kappa shape index (κ2) is 8.44. The molecule has 5 heteroatoms. The monoisotopic (exact) mass is 384 g/mol. The van der Waals surface area contributed by atoms with Crippen LogP contribution in [0.4, 0.5) is 0 Å². The van der Waals surface area contributed by atoms with Crippen LogP contribution in [-0.4, -0.2) is 51.1 Å². The Morgan fingerprint density at radius 2 is 1.92 bits per heavy atom. The van der Waals surface area contributed by atoms with E-state index in [9.17, 15) is 5.11 Å². The lowest BCUT2D eigenvalue weighted by Crippen LogP contribution is -2.58. The zero-order chi connectivity index (χ0) is 19.7. The van der Waals surface area contributed by atoms with Gasteiger partial charge in [-0.3, -0.25) is 0 Å². The molecule has 26 heavy (non-hydrogen) atoms. The molecule has 1 spiro atoms. The van der Waals surface area contributed by atoms with E-state index in [0.29, 0.717) is 11.5 Å². The maximum absolute atomic E-state index is 11.1. The largest absolute Gasteiger partial charge is 0.411 e. The van der Waals surface area contributed by atoms with Crippen molar-refractivity contribution in [2.75, 3.05) is 13.7 Å². The molecular formula is C21H40O4Si. The highest BCUT2D eigenvalue weighted by molar-refractivity contribution is 6.72. The van der Waals surface area contributed by atoms with Crippen LogP contribution >= 0.6 is 0 Å². The first kappa shape index (κ1) is 22.1. The predicted octanol–water partition coefficient (Wildman–Crippen LogP) is 4.53. The van der Waals surface area contributed by atoms with Gasteiger partial charge in [0.2, 0.25) is 0 Å². The minimum atomic E-state index is -1.86. The van der Waals surface area contributed by atoms with Crippen LogP contribution in [0.25, 0.3) is 0 Å². The molecule has 0 unspecified atom stereocenters. The third-order valence-electron chi connectivity index (χ3n) is 6.49. The molecule has 1 heterocycles. The summed E-state index contributed by atoms with van der Waals surface area (Å²) in [6, 6.07) is 0. The number of aliphatic hydroxyl groups is 1. The number of rotatable bonds is 8. The summed E-state index contributed by atoms with van der Waals surface area (Å²) in [7, 11) is -0.155. The van der Waals surface area contributed by atoms with E-state index in [1.165, 1.54) is 12.0 Å². The maximum atomic E-state index is 11.1. The summed E-state index contributed by atoms with van der Waals surface area (Å²) in [5.41, 5.74) is 1.57. The number of epoxide rings is 1. The number of methoxy groups -OCH3 is 1. The first-order valence-corrected chi connectivity index (χ1v) is 13.2. The van der Waals surface area contributed by atoms with E-state index in [1.807, 2.05) is 0 Å². The van der Waals surface area contributed by atoms with Crippen LogP contribution in [0, 0.1) is 11.8 Å². The fraction of sp³-hybridized carbons (Fsp3) is 0.905. The first-order valence-electron chi connectivity index (χ1n) is 10.2. The molecule has 0 radical (unpaired) electrons. The molecule has 2 aliphatic rings. The fourth-order valence-electron chi connectivity index (χ4n) is 4.04. The smallest absolute Gasteiger partial charge is 0.189 e. The van der Waals surface area contributed by atoms with Gasteiger partial charge in [0, 0.05) is 19.4 Å². The zero-order valence-corrected chi connectivity index (χ0v) is 19.0. The fourth-order valence-corrected chi connectivity index (χ4v) is 5.32. The van der Waals surface area contributed by atoms with Crippen LogP contribution in [0.15, 0.2) is 11.6 Å². The van der Waals surface area contributed by atoms with Crippen LogP contribution in [-0.2, 0) is 13.9 Å². The Kier molecular flexibility index (Phi) is 7.17. The van der Waals surface area contributed by atoms with E-state index in [4.69, 9.17) is 13.9 Å². The van der Waals surface area contributed by atoms with Gasteiger partial charge in [0.05, 0.1) is 18.8 Å².